The first-order valence-corrected chi connectivity index (χ1v) is 6.69. The van der Waals surface area contributed by atoms with Crippen LogP contribution in [0.15, 0.2) is 36.5 Å². The van der Waals surface area contributed by atoms with Crippen molar-refractivity contribution in [3.8, 4) is 0 Å². The molecule has 0 fully saturated rings. The van der Waals surface area contributed by atoms with Crippen molar-refractivity contribution in [2.24, 2.45) is 0 Å². The van der Waals surface area contributed by atoms with E-state index in [-0.39, 0.29) is 0 Å². The monoisotopic (exact) mass is 254 g/mol. The number of aliphatic hydroxyl groups excluding tert-OH is 1. The van der Waals surface area contributed by atoms with Gasteiger partial charge in [0.15, 0.2) is 0 Å². The van der Waals surface area contributed by atoms with Crippen LogP contribution in [0.1, 0.15) is 45.4 Å². The fourth-order valence-electron chi connectivity index (χ4n) is 1.43. The van der Waals surface area contributed by atoms with Gasteiger partial charge in [0, 0.05) is 0 Å². The second kappa shape index (κ2) is 11.2. The summed E-state index contributed by atoms with van der Waals surface area (Å²) in [6.45, 7) is 1.51. The summed E-state index contributed by atoms with van der Waals surface area (Å²) in [5.74, 6) is -2.12. The molecule has 0 aliphatic heterocycles. The fraction of sp³-hybridized carbons (Fsp3) is 0.600. The van der Waals surface area contributed by atoms with Crippen LogP contribution in [0.2, 0.25) is 0 Å². The number of hydrogen-bond donors (Lipinski definition) is 3. The lowest BCUT2D eigenvalue weighted by atomic mass is 10.1. The van der Waals surface area contributed by atoms with Crippen LogP contribution in [0.5, 0.6) is 0 Å². The molecule has 0 amide bonds. The molecule has 0 aliphatic carbocycles. The lowest BCUT2D eigenvalue weighted by Gasteiger charge is -2.11. The average Bonchev–Trinajstić information content (AvgIpc) is 2.36. The smallest absolute Gasteiger partial charge is 0.207 e. The maximum Gasteiger partial charge on any atom is 0.207 e. The molecule has 0 bridgehead atoms. The van der Waals surface area contributed by atoms with Gasteiger partial charge in [0.25, 0.3) is 0 Å². The van der Waals surface area contributed by atoms with E-state index in [9.17, 15) is 0 Å². The topological polar surface area (TPSA) is 60.7 Å². The zero-order chi connectivity index (χ0) is 13.7. The first-order chi connectivity index (χ1) is 8.62. The molecule has 0 spiro atoms. The average molecular weight is 254 g/mol. The third-order valence-corrected chi connectivity index (χ3v) is 2.54. The number of unbranched alkanes of at least 4 members (excludes halogenated alkanes) is 5. The second-order valence-corrected chi connectivity index (χ2v) is 4.41. The third kappa shape index (κ3) is 11.6. The van der Waals surface area contributed by atoms with Gasteiger partial charge in [0.1, 0.15) is 6.61 Å². The Bertz CT molecular complexity index is 265. The van der Waals surface area contributed by atoms with Gasteiger partial charge in [-0.3, -0.25) is 0 Å². The first-order valence-electron chi connectivity index (χ1n) is 6.69. The molecule has 18 heavy (non-hydrogen) atoms. The second-order valence-electron chi connectivity index (χ2n) is 4.41. The van der Waals surface area contributed by atoms with Crippen LogP contribution in [0.4, 0.5) is 0 Å². The minimum atomic E-state index is -2.12. The van der Waals surface area contributed by atoms with E-state index in [1.54, 1.807) is 6.08 Å². The summed E-state index contributed by atoms with van der Waals surface area (Å²) in [4.78, 5) is 0. The Kier molecular flexibility index (Phi) is 10.6. The van der Waals surface area contributed by atoms with Gasteiger partial charge in [-0.2, -0.15) is 0 Å². The van der Waals surface area contributed by atoms with Crippen molar-refractivity contribution in [1.29, 1.82) is 0 Å². The molecule has 0 atom stereocenters. The van der Waals surface area contributed by atoms with Crippen LogP contribution in [0, 0.1) is 0 Å². The van der Waals surface area contributed by atoms with Crippen LogP contribution in [0.3, 0.4) is 0 Å². The van der Waals surface area contributed by atoms with Crippen LogP contribution >= 0.6 is 0 Å². The van der Waals surface area contributed by atoms with Gasteiger partial charge < -0.3 is 15.3 Å². The predicted octanol–water partition coefficient (Wildman–Crippen LogP) is 2.69. The summed E-state index contributed by atoms with van der Waals surface area (Å²) in [7, 11) is 0. The fourth-order valence-corrected chi connectivity index (χ4v) is 1.43. The molecule has 0 radical (unpaired) electrons. The zero-order valence-corrected chi connectivity index (χ0v) is 11.3. The molecule has 0 aliphatic rings. The van der Waals surface area contributed by atoms with Crippen molar-refractivity contribution >= 4 is 0 Å². The molecule has 0 unspecified atom stereocenters. The van der Waals surface area contributed by atoms with Crippen LogP contribution in [-0.2, 0) is 0 Å². The highest BCUT2D eigenvalue weighted by Gasteiger charge is 2.15. The van der Waals surface area contributed by atoms with E-state index in [1.807, 2.05) is 12.2 Å². The van der Waals surface area contributed by atoms with Crippen LogP contribution in [0.25, 0.3) is 0 Å². The molecule has 0 saturated heterocycles. The van der Waals surface area contributed by atoms with Crippen LogP contribution in [-0.4, -0.2) is 27.7 Å². The molecule has 3 nitrogen and oxygen atoms in total. The van der Waals surface area contributed by atoms with Crippen molar-refractivity contribution in [3.63, 3.8) is 0 Å². The SMILES string of the molecule is CCCCCCCC=CC=CC=CC(O)(O)CO. The third-order valence-electron chi connectivity index (χ3n) is 2.54. The Balaban J connectivity index is 3.57. The molecule has 0 aromatic carbocycles. The minimum Gasteiger partial charge on any atom is -0.390 e. The van der Waals surface area contributed by atoms with Gasteiger partial charge in [0.05, 0.1) is 0 Å². The summed E-state index contributed by atoms with van der Waals surface area (Å²) in [5, 5.41) is 26.6. The quantitative estimate of drug-likeness (QED) is 0.319. The molecule has 0 heterocycles. The molecule has 0 rings (SSSR count). The Morgan fingerprint density at radius 2 is 1.56 bits per heavy atom. The normalized spacial score (nSPS) is 13.3. The van der Waals surface area contributed by atoms with E-state index in [0.717, 1.165) is 12.5 Å². The lowest BCUT2D eigenvalue weighted by molar-refractivity contribution is -0.146. The van der Waals surface area contributed by atoms with Crippen LogP contribution < -0.4 is 0 Å². The van der Waals surface area contributed by atoms with E-state index in [0.29, 0.717) is 0 Å². The molecule has 3 heteroatoms. The van der Waals surface area contributed by atoms with Gasteiger partial charge >= 0.3 is 0 Å². The van der Waals surface area contributed by atoms with Gasteiger partial charge in [0.2, 0.25) is 5.79 Å². The van der Waals surface area contributed by atoms with Gasteiger partial charge in [-0.05, 0) is 18.9 Å². The van der Waals surface area contributed by atoms with Crippen molar-refractivity contribution < 1.29 is 15.3 Å². The summed E-state index contributed by atoms with van der Waals surface area (Å²) in [6, 6.07) is 0. The Hall–Kier alpha value is -0.900. The molecule has 0 saturated carbocycles. The van der Waals surface area contributed by atoms with Gasteiger partial charge in [-0.25, -0.2) is 0 Å². The van der Waals surface area contributed by atoms with Crippen molar-refractivity contribution in [3.05, 3.63) is 36.5 Å². The van der Waals surface area contributed by atoms with E-state index in [2.05, 4.69) is 13.0 Å². The highest BCUT2D eigenvalue weighted by Crippen LogP contribution is 2.05. The summed E-state index contributed by atoms with van der Waals surface area (Å²) >= 11 is 0. The standard InChI is InChI=1S/C15H26O3/c1-2-3-4-5-6-7-8-9-10-11-12-13-15(17,18)14-16/h8-13,16-18H,2-7,14H2,1H3. The molecule has 0 aromatic rings. The summed E-state index contributed by atoms with van der Waals surface area (Å²) < 4.78 is 0. The lowest BCUT2D eigenvalue weighted by Crippen LogP contribution is -2.29. The van der Waals surface area contributed by atoms with E-state index >= 15 is 0 Å². The maximum atomic E-state index is 9.03. The van der Waals surface area contributed by atoms with E-state index in [1.165, 1.54) is 38.2 Å². The Morgan fingerprint density at radius 1 is 0.889 bits per heavy atom. The van der Waals surface area contributed by atoms with Gasteiger partial charge in [-0.15, -0.1) is 0 Å². The van der Waals surface area contributed by atoms with E-state index < -0.39 is 12.4 Å². The number of aliphatic hydroxyl groups is 3. The number of rotatable bonds is 10. The van der Waals surface area contributed by atoms with Gasteiger partial charge in [-0.1, -0.05) is 63.0 Å². The zero-order valence-electron chi connectivity index (χ0n) is 11.3. The van der Waals surface area contributed by atoms with Crippen molar-refractivity contribution in [1.82, 2.24) is 0 Å². The number of allylic oxidation sites excluding steroid dienone is 5. The van der Waals surface area contributed by atoms with Crippen molar-refractivity contribution in [2.75, 3.05) is 6.61 Å². The summed E-state index contributed by atoms with van der Waals surface area (Å²) in [6.07, 6.45) is 17.7. The number of hydrogen-bond acceptors (Lipinski definition) is 3. The Morgan fingerprint density at radius 3 is 2.22 bits per heavy atom. The molecular formula is C15H26O3. The van der Waals surface area contributed by atoms with E-state index in [4.69, 9.17) is 15.3 Å². The van der Waals surface area contributed by atoms with Crippen molar-refractivity contribution in [2.45, 2.75) is 51.2 Å². The summed E-state index contributed by atoms with van der Waals surface area (Å²) in [5.41, 5.74) is 0. The minimum absolute atomic E-state index is 0.703. The maximum absolute atomic E-state index is 9.03. The molecule has 0 aromatic heterocycles. The predicted molar refractivity (Wildman–Crippen MR) is 75.1 cm³/mol. The molecule has 3 N–H and O–H groups in total. The Labute approximate surface area is 110 Å². The highest BCUT2D eigenvalue weighted by atomic mass is 16.5. The highest BCUT2D eigenvalue weighted by molar-refractivity contribution is 5.13. The first kappa shape index (κ1) is 17.1. The molecule has 104 valence electrons. The largest absolute Gasteiger partial charge is 0.390 e. The molecular weight excluding hydrogens is 228 g/mol.